The van der Waals surface area contributed by atoms with Crippen molar-refractivity contribution < 1.29 is 54.9 Å². The number of rotatable bonds is 2. The molecule has 0 spiro atoms. The number of hydrogen-bond donors (Lipinski definition) is 4. The van der Waals surface area contributed by atoms with Crippen LogP contribution in [0, 0.1) is 0 Å². The maximum Gasteiger partial charge on any atom is 1.00 e. The monoisotopic (exact) mass is 150 g/mol. The van der Waals surface area contributed by atoms with E-state index >= 15 is 0 Å². The van der Waals surface area contributed by atoms with E-state index in [2.05, 4.69) is 4.43 Å². The smallest absolute Gasteiger partial charge is 1.00 e. The fourth-order valence-electron chi connectivity index (χ4n) is 0.0866. The number of aliphatic hydroxyl groups is 1. The minimum absolute atomic E-state index is 0. The summed E-state index contributed by atoms with van der Waals surface area (Å²) in [6.45, 7) is -0.879. The van der Waals surface area contributed by atoms with Crippen molar-refractivity contribution in [3.63, 3.8) is 0 Å². The minimum Gasteiger partial charge on any atom is -1.00 e. The largest absolute Gasteiger partial charge is 1.00 e. The maximum absolute atomic E-state index is 7.89. The molecule has 7 heteroatoms. The van der Waals surface area contributed by atoms with Crippen molar-refractivity contribution in [1.29, 1.82) is 0 Å². The molecule has 0 aliphatic rings. The summed E-state index contributed by atoms with van der Waals surface area (Å²) in [5.41, 5.74) is 0. The Hall–Kier alpha value is 1.02. The van der Waals surface area contributed by atoms with E-state index in [1.165, 1.54) is 0 Å². The molecule has 0 rings (SSSR count). The molecule has 0 amide bonds. The molecule has 0 heterocycles. The van der Waals surface area contributed by atoms with Crippen molar-refractivity contribution in [2.45, 2.75) is 0 Å². The molecule has 8 heavy (non-hydrogen) atoms. The second-order valence-electron chi connectivity index (χ2n) is 0.847. The van der Waals surface area contributed by atoms with Crippen LogP contribution in [-0.2, 0) is 4.43 Å². The van der Waals surface area contributed by atoms with Gasteiger partial charge in [-0.05, 0) is 0 Å². The maximum atomic E-state index is 7.89. The summed E-state index contributed by atoms with van der Waals surface area (Å²) in [5.74, 6) is 0. The van der Waals surface area contributed by atoms with Gasteiger partial charge < -0.3 is 25.3 Å². The van der Waals surface area contributed by atoms with Crippen LogP contribution in [0.5, 0.6) is 0 Å². The van der Waals surface area contributed by atoms with Crippen molar-refractivity contribution >= 4 is 9.05 Å². The quantitative estimate of drug-likeness (QED) is 0.233. The fraction of sp³-hybridized carbons (Fsp3) is 1.00. The van der Waals surface area contributed by atoms with Gasteiger partial charge >= 0.3 is 38.6 Å². The van der Waals surface area contributed by atoms with E-state index in [0.717, 1.165) is 0 Å². The topological polar surface area (TPSA) is 90.2 Å². The molecule has 0 aromatic rings. The summed E-state index contributed by atoms with van der Waals surface area (Å²) in [7, 11) is -4.41. The van der Waals surface area contributed by atoms with Gasteiger partial charge in [0.05, 0.1) is 0 Å². The van der Waals surface area contributed by atoms with Crippen LogP contribution >= 0.6 is 0 Å². The summed E-state index contributed by atoms with van der Waals surface area (Å²) in [5, 5.41) is 7.73. The molecule has 0 unspecified atom stereocenters. The first-order valence-corrected chi connectivity index (χ1v) is 3.23. The average molecular weight is 150 g/mol. The summed E-state index contributed by atoms with van der Waals surface area (Å²) in [6.07, 6.45) is 0. The molecule has 0 bridgehead atoms. The predicted octanol–water partition coefficient (Wildman–Crippen LogP) is -5.52. The number of hydrogen-bond acceptors (Lipinski definition) is 5. The zero-order chi connectivity index (χ0) is 5.91. The van der Waals surface area contributed by atoms with E-state index in [4.69, 9.17) is 19.5 Å². The van der Waals surface area contributed by atoms with Gasteiger partial charge in [0.25, 0.3) is 0 Å². The molecule has 4 N–H and O–H groups in total. The summed E-state index contributed by atoms with van der Waals surface area (Å²) < 4.78 is 3.59. The van der Waals surface area contributed by atoms with Crippen LogP contribution in [0.15, 0.2) is 0 Å². The first kappa shape index (κ1) is 11.8. The molecular formula is CH7NaO5Si. The van der Waals surface area contributed by atoms with E-state index in [-0.39, 0.29) is 31.0 Å². The van der Waals surface area contributed by atoms with Gasteiger partial charge in [-0.15, -0.1) is 0 Å². The van der Waals surface area contributed by atoms with Crippen LogP contribution in [0.25, 0.3) is 0 Å². The Kier molecular flexibility index (Phi) is 7.14. The van der Waals surface area contributed by atoms with E-state index in [9.17, 15) is 0 Å². The van der Waals surface area contributed by atoms with E-state index in [0.29, 0.717) is 0 Å². The van der Waals surface area contributed by atoms with Crippen molar-refractivity contribution in [2.75, 3.05) is 6.79 Å². The van der Waals surface area contributed by atoms with E-state index in [1.54, 1.807) is 0 Å². The molecule has 0 aromatic heterocycles. The second-order valence-corrected chi connectivity index (χ2v) is 2.28. The normalized spacial score (nSPS) is 10.5. The third-order valence-electron chi connectivity index (χ3n) is 0.258. The van der Waals surface area contributed by atoms with Gasteiger partial charge in [-0.2, -0.15) is 0 Å². The van der Waals surface area contributed by atoms with Crippen molar-refractivity contribution in [2.24, 2.45) is 0 Å². The van der Waals surface area contributed by atoms with Crippen LogP contribution in [0.3, 0.4) is 0 Å². The Labute approximate surface area is 70.8 Å². The van der Waals surface area contributed by atoms with Crippen LogP contribution in [0.2, 0.25) is 0 Å². The summed E-state index contributed by atoms with van der Waals surface area (Å²) in [6, 6.07) is 0. The molecule has 0 aromatic carbocycles. The third-order valence-corrected chi connectivity index (χ3v) is 0.775. The van der Waals surface area contributed by atoms with Gasteiger partial charge in [0.2, 0.25) is 0 Å². The molecule has 5 nitrogen and oxygen atoms in total. The van der Waals surface area contributed by atoms with Crippen molar-refractivity contribution in [3.05, 3.63) is 0 Å². The predicted molar refractivity (Wildman–Crippen MR) is 21.7 cm³/mol. The molecule has 0 atom stereocenters. The molecule has 0 radical (unpaired) electrons. The minimum atomic E-state index is -4.41. The van der Waals surface area contributed by atoms with Gasteiger partial charge in [-0.25, -0.2) is 0 Å². The Bertz CT molecular complexity index is 55.4. The van der Waals surface area contributed by atoms with Crippen LogP contribution in [-0.4, -0.2) is 35.3 Å². The third kappa shape index (κ3) is 10.1. The molecule has 0 aliphatic heterocycles. The first-order valence-electron chi connectivity index (χ1n) is 1.48. The molecule has 46 valence electrons. The van der Waals surface area contributed by atoms with Crippen LogP contribution in [0.1, 0.15) is 1.43 Å². The van der Waals surface area contributed by atoms with E-state index < -0.39 is 15.8 Å². The molecule has 0 saturated heterocycles. The molecule has 0 aliphatic carbocycles. The van der Waals surface area contributed by atoms with Crippen LogP contribution in [0.4, 0.5) is 0 Å². The SMILES string of the molecule is OCO[Si](O)(O)O.[H-].[Na+]. The van der Waals surface area contributed by atoms with Gasteiger partial charge in [-0.1, -0.05) is 0 Å². The van der Waals surface area contributed by atoms with E-state index in [1.807, 2.05) is 0 Å². The van der Waals surface area contributed by atoms with Crippen LogP contribution < -0.4 is 29.6 Å². The Balaban J connectivity index is -0.000000180. The Morgan fingerprint density at radius 1 is 1.38 bits per heavy atom. The Morgan fingerprint density at radius 3 is 1.75 bits per heavy atom. The fourth-order valence-corrected chi connectivity index (χ4v) is 0.260. The molecule has 0 saturated carbocycles. The van der Waals surface area contributed by atoms with Crippen molar-refractivity contribution in [1.82, 2.24) is 0 Å². The molecular weight excluding hydrogens is 143 g/mol. The second kappa shape index (κ2) is 4.85. The summed E-state index contributed by atoms with van der Waals surface area (Å²) in [4.78, 5) is 23.7. The Morgan fingerprint density at radius 2 is 1.75 bits per heavy atom. The molecule has 0 fully saturated rings. The standard InChI is InChI=1S/CH6O5Si.Na.H/c2-1-6-7(3,4)5;;/h2-5H,1H2;;/q;+1;-1. The van der Waals surface area contributed by atoms with Gasteiger partial charge in [0.1, 0.15) is 6.79 Å². The zero-order valence-corrected chi connectivity index (χ0v) is 7.40. The van der Waals surface area contributed by atoms with Gasteiger partial charge in [0.15, 0.2) is 0 Å². The van der Waals surface area contributed by atoms with Gasteiger partial charge in [-0.3, -0.25) is 0 Å². The average Bonchev–Trinajstić information content (AvgIpc) is 1.30. The van der Waals surface area contributed by atoms with Gasteiger partial charge in [0, 0.05) is 0 Å². The zero-order valence-electron chi connectivity index (χ0n) is 5.40. The van der Waals surface area contributed by atoms with Crippen molar-refractivity contribution in [3.8, 4) is 0 Å². The number of aliphatic hydroxyl groups excluding tert-OH is 1. The summed E-state index contributed by atoms with van der Waals surface area (Å²) >= 11 is 0. The first-order chi connectivity index (χ1) is 3.06.